The van der Waals surface area contributed by atoms with Crippen molar-refractivity contribution in [3.8, 4) is 11.5 Å². The van der Waals surface area contributed by atoms with Gasteiger partial charge in [0.05, 0.1) is 31.6 Å². The highest BCUT2D eigenvalue weighted by Crippen LogP contribution is 2.37. The molecule has 1 N–H and O–H groups in total. The van der Waals surface area contributed by atoms with Crippen LogP contribution >= 0.6 is 11.6 Å². The van der Waals surface area contributed by atoms with Gasteiger partial charge in [0.2, 0.25) is 10.0 Å². The van der Waals surface area contributed by atoms with E-state index in [1.54, 1.807) is 19.2 Å². The summed E-state index contributed by atoms with van der Waals surface area (Å²) in [5.41, 5.74) is 3.33. The van der Waals surface area contributed by atoms with Crippen molar-refractivity contribution < 1.29 is 22.7 Å². The number of halogens is 1. The number of carbonyl (C=O) groups excluding carboxylic acids is 1. The average Bonchev–Trinajstić information content (AvgIpc) is 2.71. The van der Waals surface area contributed by atoms with Gasteiger partial charge in [0.1, 0.15) is 11.5 Å². The van der Waals surface area contributed by atoms with E-state index in [0.29, 0.717) is 16.5 Å². The average molecular weight is 481 g/mol. The van der Waals surface area contributed by atoms with Crippen LogP contribution in [0.25, 0.3) is 0 Å². The smallest absolute Gasteiger partial charge is 0.263 e. The summed E-state index contributed by atoms with van der Waals surface area (Å²) in [5.74, 6) is 0.963. The van der Waals surface area contributed by atoms with E-state index in [0.717, 1.165) is 33.0 Å². The monoisotopic (exact) mass is 480 g/mol. The Hall–Kier alpha value is -2.45. The van der Waals surface area contributed by atoms with Crippen LogP contribution in [0, 0.1) is 6.92 Å². The summed E-state index contributed by atoms with van der Waals surface area (Å²) in [5, 5.41) is 3.36. The molecule has 0 radical (unpaired) electrons. The van der Waals surface area contributed by atoms with Crippen LogP contribution in [0.15, 0.2) is 30.3 Å². The second-order valence-corrected chi connectivity index (χ2v) is 10.7. The molecule has 0 fully saturated rings. The molecule has 0 spiro atoms. The summed E-state index contributed by atoms with van der Waals surface area (Å²) in [7, 11) is -1.99. The molecule has 0 saturated carbocycles. The second kappa shape index (κ2) is 9.19. The molecule has 1 aliphatic rings. The molecule has 0 aliphatic carbocycles. The second-order valence-electron chi connectivity index (χ2n) is 8.35. The van der Waals surface area contributed by atoms with Gasteiger partial charge in [0.15, 0.2) is 6.10 Å². The first-order chi connectivity index (χ1) is 14.9. The van der Waals surface area contributed by atoms with Crippen LogP contribution in [-0.4, -0.2) is 40.3 Å². The third kappa shape index (κ3) is 4.96. The predicted octanol–water partition coefficient (Wildman–Crippen LogP) is 4.18. The number of hydrogen-bond donors (Lipinski definition) is 1. The molecule has 0 bridgehead atoms. The summed E-state index contributed by atoms with van der Waals surface area (Å²) in [6, 6.07) is 8.39. The Bertz CT molecular complexity index is 1130. The minimum Gasteiger partial charge on any atom is -0.496 e. The maximum atomic E-state index is 13.1. The Morgan fingerprint density at radius 3 is 2.50 bits per heavy atom. The minimum absolute atomic E-state index is 0.135. The zero-order valence-corrected chi connectivity index (χ0v) is 20.7. The third-order valence-electron chi connectivity index (χ3n) is 5.55. The van der Waals surface area contributed by atoms with Gasteiger partial charge in [0, 0.05) is 5.02 Å². The number of rotatable bonds is 6. The number of nitrogens with zero attached hydrogens (tertiary/aromatic N) is 1. The lowest BCUT2D eigenvalue weighted by molar-refractivity contribution is -0.128. The highest BCUT2D eigenvalue weighted by atomic mass is 35.5. The van der Waals surface area contributed by atoms with Crippen molar-refractivity contribution in [1.29, 1.82) is 0 Å². The van der Waals surface area contributed by atoms with Crippen LogP contribution in [0.2, 0.25) is 5.02 Å². The molecule has 174 valence electrons. The molecule has 0 unspecified atom stereocenters. The number of benzene rings is 2. The Kier molecular flexibility index (Phi) is 6.95. The number of amides is 1. The van der Waals surface area contributed by atoms with E-state index in [1.807, 2.05) is 26.0 Å². The molecule has 1 aliphatic heterocycles. The molecule has 0 aromatic heterocycles. The van der Waals surface area contributed by atoms with Gasteiger partial charge in [-0.3, -0.25) is 9.10 Å². The summed E-state index contributed by atoms with van der Waals surface area (Å²) in [6.45, 7) is 7.89. The predicted molar refractivity (Wildman–Crippen MR) is 126 cm³/mol. The number of nitrogens with one attached hydrogen (secondary N) is 1. The molecule has 2 aromatic carbocycles. The lowest BCUT2D eigenvalue weighted by Gasteiger charge is -2.34. The Labute approximate surface area is 194 Å². The van der Waals surface area contributed by atoms with Crippen LogP contribution in [0.5, 0.6) is 11.5 Å². The SMILES string of the molecule is COc1cc(C)c([C@@H](C)NC(=O)[C@H]2CN(S(C)(=O)=O)c3cc(Cl)ccc3O2)cc1C(C)C. The zero-order chi connectivity index (χ0) is 23.8. The van der Waals surface area contributed by atoms with Gasteiger partial charge in [-0.1, -0.05) is 25.4 Å². The topological polar surface area (TPSA) is 84.9 Å². The van der Waals surface area contributed by atoms with E-state index in [9.17, 15) is 13.2 Å². The first-order valence-corrected chi connectivity index (χ1v) is 12.6. The fraction of sp³-hybridized carbons (Fsp3) is 0.435. The van der Waals surface area contributed by atoms with Crippen molar-refractivity contribution in [1.82, 2.24) is 5.32 Å². The van der Waals surface area contributed by atoms with Crippen molar-refractivity contribution >= 4 is 33.2 Å². The van der Waals surface area contributed by atoms with Gasteiger partial charge in [-0.2, -0.15) is 0 Å². The van der Waals surface area contributed by atoms with Crippen molar-refractivity contribution in [2.45, 2.75) is 45.8 Å². The molecular formula is C23H29ClN2O5S. The lowest BCUT2D eigenvalue weighted by Crippen LogP contribution is -2.50. The van der Waals surface area contributed by atoms with Gasteiger partial charge >= 0.3 is 0 Å². The normalized spacial score (nSPS) is 16.9. The number of ether oxygens (including phenoxy) is 2. The fourth-order valence-electron chi connectivity index (χ4n) is 3.87. The third-order valence-corrected chi connectivity index (χ3v) is 6.93. The number of sulfonamides is 1. The highest BCUT2D eigenvalue weighted by molar-refractivity contribution is 7.92. The summed E-state index contributed by atoms with van der Waals surface area (Å²) >= 11 is 6.03. The standard InChI is InChI=1S/C23H29ClN2O5S/c1-13(2)17-11-18(14(3)9-21(17)30-5)15(4)25-23(27)22-12-26(32(6,28)29)19-10-16(24)7-8-20(19)31-22/h7-11,13,15,22H,12H2,1-6H3,(H,25,27)/t15-,22-/m1/s1. The molecule has 9 heteroatoms. The maximum Gasteiger partial charge on any atom is 0.263 e. The largest absolute Gasteiger partial charge is 0.496 e. The van der Waals surface area contributed by atoms with E-state index < -0.39 is 22.0 Å². The zero-order valence-electron chi connectivity index (χ0n) is 19.1. The number of hydrogen-bond acceptors (Lipinski definition) is 5. The molecule has 2 atom stereocenters. The highest BCUT2D eigenvalue weighted by Gasteiger charge is 2.35. The minimum atomic E-state index is -3.63. The maximum absolute atomic E-state index is 13.1. The van der Waals surface area contributed by atoms with Gasteiger partial charge < -0.3 is 14.8 Å². The molecule has 1 heterocycles. The first kappa shape index (κ1) is 24.2. The number of aryl methyl sites for hydroxylation is 1. The van der Waals surface area contributed by atoms with Crippen LogP contribution in [-0.2, 0) is 14.8 Å². The Morgan fingerprint density at radius 1 is 1.22 bits per heavy atom. The van der Waals surface area contributed by atoms with Crippen molar-refractivity contribution in [2.75, 3.05) is 24.2 Å². The molecule has 3 rings (SSSR count). The Balaban J connectivity index is 1.86. The lowest BCUT2D eigenvalue weighted by atomic mass is 9.93. The first-order valence-electron chi connectivity index (χ1n) is 10.3. The summed E-state index contributed by atoms with van der Waals surface area (Å²) < 4.78 is 37.2. The fourth-order valence-corrected chi connectivity index (χ4v) is 4.94. The van der Waals surface area contributed by atoms with E-state index in [2.05, 4.69) is 19.2 Å². The van der Waals surface area contributed by atoms with E-state index in [1.165, 1.54) is 6.07 Å². The molecule has 1 amide bonds. The van der Waals surface area contributed by atoms with Crippen molar-refractivity contribution in [3.63, 3.8) is 0 Å². The number of fused-ring (bicyclic) bond motifs is 1. The van der Waals surface area contributed by atoms with Crippen LogP contribution in [0.1, 0.15) is 49.4 Å². The van der Waals surface area contributed by atoms with Gasteiger partial charge in [-0.05, 0) is 66.8 Å². The molecule has 2 aromatic rings. The molecule has 0 saturated heterocycles. The van der Waals surface area contributed by atoms with Gasteiger partial charge in [-0.15, -0.1) is 0 Å². The number of anilines is 1. The van der Waals surface area contributed by atoms with E-state index >= 15 is 0 Å². The van der Waals surface area contributed by atoms with Crippen LogP contribution in [0.3, 0.4) is 0 Å². The number of methoxy groups -OCH3 is 1. The quantitative estimate of drug-likeness (QED) is 0.670. The molecule has 32 heavy (non-hydrogen) atoms. The van der Waals surface area contributed by atoms with Crippen LogP contribution in [0.4, 0.5) is 5.69 Å². The van der Waals surface area contributed by atoms with E-state index in [4.69, 9.17) is 21.1 Å². The summed E-state index contributed by atoms with van der Waals surface area (Å²) in [4.78, 5) is 13.1. The molecular weight excluding hydrogens is 452 g/mol. The number of carbonyl (C=O) groups is 1. The van der Waals surface area contributed by atoms with E-state index in [-0.39, 0.29) is 18.5 Å². The van der Waals surface area contributed by atoms with Crippen molar-refractivity contribution in [3.05, 3.63) is 52.0 Å². The Morgan fingerprint density at radius 2 is 1.91 bits per heavy atom. The van der Waals surface area contributed by atoms with Gasteiger partial charge in [0.25, 0.3) is 5.91 Å². The van der Waals surface area contributed by atoms with Crippen molar-refractivity contribution in [2.24, 2.45) is 0 Å². The molecule has 7 nitrogen and oxygen atoms in total. The summed E-state index contributed by atoms with van der Waals surface area (Å²) in [6.07, 6.45) is 0.0957. The van der Waals surface area contributed by atoms with Gasteiger partial charge in [-0.25, -0.2) is 8.42 Å². The van der Waals surface area contributed by atoms with Crippen LogP contribution < -0.4 is 19.1 Å².